The van der Waals surface area contributed by atoms with Crippen LogP contribution in [0.4, 0.5) is 0 Å². The van der Waals surface area contributed by atoms with Gasteiger partial charge in [0.1, 0.15) is 0 Å². The molecule has 0 spiro atoms. The Hall–Kier alpha value is -2.93. The second-order valence-electron chi connectivity index (χ2n) is 7.55. The molecule has 1 N–H and O–H groups in total. The number of aromatic nitrogens is 2. The molecule has 3 aromatic rings. The van der Waals surface area contributed by atoms with Gasteiger partial charge in [0.05, 0.1) is 7.11 Å². The summed E-state index contributed by atoms with van der Waals surface area (Å²) in [4.78, 5) is 16.9. The summed E-state index contributed by atoms with van der Waals surface area (Å²) in [5, 5.41) is 3.34. The Bertz CT molecular complexity index is 984. The Morgan fingerprint density at radius 3 is 2.60 bits per heavy atom. The van der Waals surface area contributed by atoms with E-state index in [1.165, 1.54) is 17.1 Å². The summed E-state index contributed by atoms with van der Waals surface area (Å²) in [6, 6.07) is 13.4. The lowest BCUT2D eigenvalue weighted by Crippen LogP contribution is -2.25. The zero-order valence-electron chi connectivity index (χ0n) is 17.8. The van der Waals surface area contributed by atoms with Gasteiger partial charge in [-0.15, -0.1) is 0 Å². The summed E-state index contributed by atoms with van der Waals surface area (Å²) in [7, 11) is 1.56. The van der Waals surface area contributed by atoms with E-state index in [9.17, 15) is 4.79 Å². The fourth-order valence-electron chi connectivity index (χ4n) is 2.81. The molecule has 1 amide bonds. The molecule has 0 saturated heterocycles. The molecule has 7 heteroatoms. The van der Waals surface area contributed by atoms with Gasteiger partial charge < -0.3 is 14.8 Å². The number of carbonyl (C=O) groups excluding carboxylic acids is 1. The van der Waals surface area contributed by atoms with Crippen LogP contribution in [0.5, 0.6) is 16.7 Å². The van der Waals surface area contributed by atoms with Gasteiger partial charge in [-0.2, -0.15) is 9.36 Å². The molecule has 158 valence electrons. The largest absolute Gasteiger partial charge is 0.493 e. The molecule has 30 heavy (non-hydrogen) atoms. The molecule has 0 aliphatic heterocycles. The van der Waals surface area contributed by atoms with E-state index >= 15 is 0 Å². The van der Waals surface area contributed by atoms with Gasteiger partial charge in [-0.3, -0.25) is 4.79 Å². The van der Waals surface area contributed by atoms with Gasteiger partial charge >= 0.3 is 0 Å². The van der Waals surface area contributed by atoms with Crippen molar-refractivity contribution in [1.82, 2.24) is 14.7 Å². The van der Waals surface area contributed by atoms with Crippen molar-refractivity contribution < 1.29 is 14.3 Å². The quantitative estimate of drug-likeness (QED) is 0.521. The molecule has 0 unspecified atom stereocenters. The molecule has 0 atom stereocenters. The molecule has 0 radical (unpaired) electrons. The zero-order valence-corrected chi connectivity index (χ0v) is 18.6. The smallest absolute Gasteiger partial charge is 0.298 e. The number of carbonyl (C=O) groups is 1. The topological polar surface area (TPSA) is 73.3 Å². The highest BCUT2D eigenvalue weighted by atomic mass is 32.1. The van der Waals surface area contributed by atoms with Crippen LogP contribution in [0.3, 0.4) is 0 Å². The van der Waals surface area contributed by atoms with Gasteiger partial charge in [-0.1, -0.05) is 43.7 Å². The van der Waals surface area contributed by atoms with Gasteiger partial charge in [0.25, 0.3) is 11.1 Å². The summed E-state index contributed by atoms with van der Waals surface area (Å²) in [6.07, 6.45) is 1.56. The average molecular weight is 426 g/mol. The summed E-state index contributed by atoms with van der Waals surface area (Å²) in [6.45, 7) is 6.95. The molecule has 0 saturated carbocycles. The number of rotatable bonds is 9. The molecule has 3 rings (SSSR count). The standard InChI is InChI=1S/C23H27N3O3S/c1-15(2)11-12-24-22(27)18-9-10-19(28-4)20(14-18)29-23-25-21(26-30-23)13-17-7-5-16(3)6-8-17/h5-10,14-15H,11-13H2,1-4H3,(H,24,27). The van der Waals surface area contributed by atoms with Crippen molar-refractivity contribution in [3.63, 3.8) is 0 Å². The van der Waals surface area contributed by atoms with Crippen LogP contribution in [0, 0.1) is 12.8 Å². The lowest BCUT2D eigenvalue weighted by molar-refractivity contribution is 0.0951. The van der Waals surface area contributed by atoms with E-state index in [1.807, 2.05) is 0 Å². The Balaban J connectivity index is 1.70. The minimum absolute atomic E-state index is 0.138. The fourth-order valence-corrected chi connectivity index (χ4v) is 3.37. The first-order valence-corrected chi connectivity index (χ1v) is 10.7. The number of hydrogen-bond acceptors (Lipinski definition) is 6. The lowest BCUT2D eigenvalue weighted by atomic mass is 10.1. The third kappa shape index (κ3) is 6.03. The van der Waals surface area contributed by atoms with Crippen LogP contribution in [0.2, 0.25) is 0 Å². The number of nitrogens with zero attached hydrogens (tertiary/aromatic N) is 2. The fraction of sp³-hybridized carbons (Fsp3) is 0.348. The molecule has 0 aliphatic carbocycles. The maximum Gasteiger partial charge on any atom is 0.298 e. The number of ether oxygens (including phenoxy) is 2. The van der Waals surface area contributed by atoms with E-state index < -0.39 is 0 Å². The van der Waals surface area contributed by atoms with Gasteiger partial charge in [0.15, 0.2) is 17.3 Å². The summed E-state index contributed by atoms with van der Waals surface area (Å²) in [5.41, 5.74) is 2.87. The van der Waals surface area contributed by atoms with Crippen LogP contribution >= 0.6 is 11.5 Å². The Morgan fingerprint density at radius 1 is 1.13 bits per heavy atom. The van der Waals surface area contributed by atoms with Gasteiger partial charge in [-0.05, 0) is 43.0 Å². The Labute approximate surface area is 181 Å². The van der Waals surface area contributed by atoms with Crippen LogP contribution in [0.25, 0.3) is 0 Å². The van der Waals surface area contributed by atoms with E-state index in [-0.39, 0.29) is 5.91 Å². The molecule has 2 aromatic carbocycles. The third-order valence-corrected chi connectivity index (χ3v) is 5.20. The molecule has 0 aliphatic rings. The highest BCUT2D eigenvalue weighted by Gasteiger charge is 2.14. The SMILES string of the molecule is COc1ccc(C(=O)NCCC(C)C)cc1Oc1nc(Cc2ccc(C)cc2)ns1. The molecule has 0 bridgehead atoms. The van der Waals surface area contributed by atoms with Crippen molar-refractivity contribution in [3.05, 3.63) is 65.0 Å². The number of benzene rings is 2. The molecular formula is C23H27N3O3S. The van der Waals surface area contributed by atoms with E-state index in [4.69, 9.17) is 9.47 Å². The number of hydrogen-bond donors (Lipinski definition) is 1. The first kappa shape index (κ1) is 21.8. The Kier molecular flexibility index (Phi) is 7.41. The minimum atomic E-state index is -0.138. The van der Waals surface area contributed by atoms with Crippen molar-refractivity contribution in [3.8, 4) is 16.7 Å². The average Bonchev–Trinajstić information content (AvgIpc) is 3.16. The van der Waals surface area contributed by atoms with E-state index in [0.29, 0.717) is 47.0 Å². The summed E-state index contributed by atoms with van der Waals surface area (Å²) < 4.78 is 15.7. The summed E-state index contributed by atoms with van der Waals surface area (Å²) >= 11 is 1.18. The molecule has 0 fully saturated rings. The molecule has 6 nitrogen and oxygen atoms in total. The first-order chi connectivity index (χ1) is 14.4. The molecular weight excluding hydrogens is 398 g/mol. The second-order valence-corrected chi connectivity index (χ2v) is 8.26. The van der Waals surface area contributed by atoms with Crippen LogP contribution < -0.4 is 14.8 Å². The number of aryl methyl sites for hydroxylation is 1. The maximum absolute atomic E-state index is 12.4. The molecule has 1 heterocycles. The highest BCUT2D eigenvalue weighted by Crippen LogP contribution is 2.33. The lowest BCUT2D eigenvalue weighted by Gasteiger charge is -2.11. The van der Waals surface area contributed by atoms with Crippen molar-refractivity contribution in [1.29, 1.82) is 0 Å². The van der Waals surface area contributed by atoms with Gasteiger partial charge in [0, 0.05) is 30.1 Å². The number of amides is 1. The van der Waals surface area contributed by atoms with Crippen LogP contribution in [-0.4, -0.2) is 28.9 Å². The first-order valence-electron chi connectivity index (χ1n) is 9.97. The van der Waals surface area contributed by atoms with E-state index in [1.54, 1.807) is 25.3 Å². The molecule has 1 aromatic heterocycles. The zero-order chi connectivity index (χ0) is 21.5. The number of nitrogens with one attached hydrogen (secondary N) is 1. The van der Waals surface area contributed by atoms with Crippen LogP contribution in [0.15, 0.2) is 42.5 Å². The van der Waals surface area contributed by atoms with E-state index in [0.717, 1.165) is 12.0 Å². The highest BCUT2D eigenvalue weighted by molar-refractivity contribution is 7.07. The normalized spacial score (nSPS) is 10.8. The van der Waals surface area contributed by atoms with Crippen LogP contribution in [-0.2, 0) is 6.42 Å². The van der Waals surface area contributed by atoms with E-state index in [2.05, 4.69) is 59.7 Å². The summed E-state index contributed by atoms with van der Waals surface area (Å²) in [5.74, 6) is 2.06. The van der Waals surface area contributed by atoms with Crippen molar-refractivity contribution in [2.45, 2.75) is 33.6 Å². The minimum Gasteiger partial charge on any atom is -0.493 e. The van der Waals surface area contributed by atoms with Crippen LogP contribution in [0.1, 0.15) is 47.6 Å². The van der Waals surface area contributed by atoms with Gasteiger partial charge in [0.2, 0.25) is 0 Å². The van der Waals surface area contributed by atoms with Crippen molar-refractivity contribution in [2.75, 3.05) is 13.7 Å². The van der Waals surface area contributed by atoms with Gasteiger partial charge in [-0.25, -0.2) is 0 Å². The second kappa shape index (κ2) is 10.2. The van der Waals surface area contributed by atoms with Crippen molar-refractivity contribution in [2.24, 2.45) is 5.92 Å². The third-order valence-electron chi connectivity index (χ3n) is 4.56. The Morgan fingerprint density at radius 2 is 1.90 bits per heavy atom. The predicted octanol–water partition coefficient (Wildman–Crippen LogP) is 5.01. The van der Waals surface area contributed by atoms with Crippen molar-refractivity contribution >= 4 is 17.4 Å². The number of methoxy groups -OCH3 is 1. The predicted molar refractivity (Wildman–Crippen MR) is 119 cm³/mol. The maximum atomic E-state index is 12.4. The monoisotopic (exact) mass is 425 g/mol.